The molecule has 2 rings (SSSR count). The van der Waals surface area contributed by atoms with E-state index in [1.165, 1.54) is 13.2 Å². The third-order valence-electron chi connectivity index (χ3n) is 3.38. The van der Waals surface area contributed by atoms with Gasteiger partial charge >= 0.3 is 0 Å². The lowest BCUT2D eigenvalue weighted by Crippen LogP contribution is -2.45. The summed E-state index contributed by atoms with van der Waals surface area (Å²) >= 11 is 0. The van der Waals surface area contributed by atoms with E-state index in [2.05, 4.69) is 21.7 Å². The maximum absolute atomic E-state index is 13.5. The van der Waals surface area contributed by atoms with E-state index in [4.69, 9.17) is 4.74 Å². The molecule has 0 bridgehead atoms. The lowest BCUT2D eigenvalue weighted by molar-refractivity contribution is 0.131. The summed E-state index contributed by atoms with van der Waals surface area (Å²) in [6.07, 6.45) is 1.69. The molecule has 0 unspecified atom stereocenters. The lowest BCUT2D eigenvalue weighted by Gasteiger charge is -2.33. The van der Waals surface area contributed by atoms with Crippen molar-refractivity contribution in [3.05, 3.63) is 23.6 Å². The van der Waals surface area contributed by atoms with Crippen LogP contribution in [0.25, 0.3) is 0 Å². The van der Waals surface area contributed by atoms with Crippen molar-refractivity contribution >= 4 is 0 Å². The molecule has 0 saturated carbocycles. The van der Waals surface area contributed by atoms with E-state index in [0.717, 1.165) is 44.8 Å². The van der Waals surface area contributed by atoms with Gasteiger partial charge in [-0.25, -0.2) is 9.37 Å². The van der Waals surface area contributed by atoms with Crippen LogP contribution in [0, 0.1) is 5.82 Å². The fourth-order valence-corrected chi connectivity index (χ4v) is 2.22. The molecule has 0 atom stereocenters. The van der Waals surface area contributed by atoms with Gasteiger partial charge in [-0.1, -0.05) is 6.92 Å². The van der Waals surface area contributed by atoms with Crippen molar-refractivity contribution in [2.45, 2.75) is 13.5 Å². The van der Waals surface area contributed by atoms with Crippen molar-refractivity contribution in [1.82, 2.24) is 14.8 Å². The van der Waals surface area contributed by atoms with Crippen LogP contribution >= 0.6 is 0 Å². The summed E-state index contributed by atoms with van der Waals surface area (Å²) in [5.74, 6) is -0.322. The van der Waals surface area contributed by atoms with Crippen LogP contribution in [0.5, 0.6) is 5.88 Å². The molecule has 5 heteroatoms. The Hall–Kier alpha value is -1.20. The summed E-state index contributed by atoms with van der Waals surface area (Å²) in [7, 11) is 1.43. The third kappa shape index (κ3) is 3.17. The molecule has 100 valence electrons. The average Bonchev–Trinajstić information content (AvgIpc) is 2.40. The SMILES string of the molecule is CCN1CCN(Cc2cnc(OC)c(F)c2)CC1. The van der Waals surface area contributed by atoms with Crippen LogP contribution in [0.2, 0.25) is 0 Å². The number of pyridine rings is 1. The van der Waals surface area contributed by atoms with Crippen LogP contribution < -0.4 is 4.74 Å². The Morgan fingerprint density at radius 3 is 2.50 bits per heavy atom. The predicted molar refractivity (Wildman–Crippen MR) is 68.1 cm³/mol. The zero-order valence-electron chi connectivity index (χ0n) is 11.0. The smallest absolute Gasteiger partial charge is 0.250 e. The van der Waals surface area contributed by atoms with E-state index in [1.54, 1.807) is 6.20 Å². The zero-order valence-corrected chi connectivity index (χ0v) is 11.0. The second-order valence-corrected chi connectivity index (χ2v) is 4.55. The molecular formula is C13H20FN3O. The monoisotopic (exact) mass is 253 g/mol. The van der Waals surface area contributed by atoms with Crippen molar-refractivity contribution in [3.63, 3.8) is 0 Å². The zero-order chi connectivity index (χ0) is 13.0. The van der Waals surface area contributed by atoms with Gasteiger partial charge in [-0.2, -0.15) is 0 Å². The molecule has 0 aliphatic carbocycles. The number of hydrogen-bond donors (Lipinski definition) is 0. The highest BCUT2D eigenvalue weighted by molar-refractivity contribution is 5.20. The molecule has 1 aliphatic heterocycles. The van der Waals surface area contributed by atoms with Crippen molar-refractivity contribution in [3.8, 4) is 5.88 Å². The molecule has 0 aromatic carbocycles. The lowest BCUT2D eigenvalue weighted by atomic mass is 10.2. The normalized spacial score (nSPS) is 17.9. The molecule has 1 aromatic rings. The van der Waals surface area contributed by atoms with Gasteiger partial charge in [0, 0.05) is 38.9 Å². The Kier molecular flexibility index (Phi) is 4.49. The first kappa shape index (κ1) is 13.2. The largest absolute Gasteiger partial charge is 0.479 e. The Morgan fingerprint density at radius 1 is 1.28 bits per heavy atom. The highest BCUT2D eigenvalue weighted by atomic mass is 19.1. The van der Waals surface area contributed by atoms with Gasteiger partial charge in [-0.3, -0.25) is 4.90 Å². The fraction of sp³-hybridized carbons (Fsp3) is 0.615. The van der Waals surface area contributed by atoms with Crippen LogP contribution in [0.3, 0.4) is 0 Å². The molecule has 1 aliphatic rings. The minimum absolute atomic E-state index is 0.0644. The number of ether oxygens (including phenoxy) is 1. The predicted octanol–water partition coefficient (Wildman–Crippen LogP) is 1.37. The average molecular weight is 253 g/mol. The number of nitrogens with zero attached hydrogens (tertiary/aromatic N) is 3. The maximum atomic E-state index is 13.5. The summed E-state index contributed by atoms with van der Waals surface area (Å²) in [6.45, 7) is 8.27. The van der Waals surface area contributed by atoms with Gasteiger partial charge in [0.15, 0.2) is 5.82 Å². The quantitative estimate of drug-likeness (QED) is 0.810. The van der Waals surface area contributed by atoms with Crippen LogP contribution in [-0.4, -0.2) is 54.6 Å². The summed E-state index contributed by atoms with van der Waals surface area (Å²) in [4.78, 5) is 8.71. The molecule has 0 amide bonds. The van der Waals surface area contributed by atoms with Gasteiger partial charge in [0.1, 0.15) is 0 Å². The maximum Gasteiger partial charge on any atom is 0.250 e. The summed E-state index contributed by atoms with van der Waals surface area (Å²) in [6, 6.07) is 1.51. The topological polar surface area (TPSA) is 28.6 Å². The molecule has 1 fully saturated rings. The molecule has 4 nitrogen and oxygen atoms in total. The van der Waals surface area contributed by atoms with Crippen LogP contribution in [0.15, 0.2) is 12.3 Å². The van der Waals surface area contributed by atoms with Crippen molar-refractivity contribution in [2.24, 2.45) is 0 Å². The van der Waals surface area contributed by atoms with Gasteiger partial charge in [0.25, 0.3) is 0 Å². The number of rotatable bonds is 4. The molecular weight excluding hydrogens is 233 g/mol. The van der Waals surface area contributed by atoms with Gasteiger partial charge < -0.3 is 9.64 Å². The van der Waals surface area contributed by atoms with E-state index in [-0.39, 0.29) is 11.7 Å². The highest BCUT2D eigenvalue weighted by Crippen LogP contribution is 2.15. The van der Waals surface area contributed by atoms with E-state index >= 15 is 0 Å². The minimum Gasteiger partial charge on any atom is -0.479 e. The van der Waals surface area contributed by atoms with Crippen molar-refractivity contribution in [1.29, 1.82) is 0 Å². The number of aromatic nitrogens is 1. The molecule has 0 radical (unpaired) electrons. The van der Waals surface area contributed by atoms with Crippen molar-refractivity contribution < 1.29 is 9.13 Å². The van der Waals surface area contributed by atoms with Crippen LogP contribution in [0.1, 0.15) is 12.5 Å². The first-order valence-corrected chi connectivity index (χ1v) is 6.36. The first-order valence-electron chi connectivity index (χ1n) is 6.36. The second-order valence-electron chi connectivity index (χ2n) is 4.55. The Bertz CT molecular complexity index is 392. The standard InChI is InChI=1S/C13H20FN3O/c1-3-16-4-6-17(7-5-16)10-11-8-12(14)13(18-2)15-9-11/h8-9H,3-7,10H2,1-2H3. The van der Waals surface area contributed by atoms with E-state index in [9.17, 15) is 4.39 Å². The van der Waals surface area contributed by atoms with Gasteiger partial charge in [0.05, 0.1) is 7.11 Å². The van der Waals surface area contributed by atoms with E-state index < -0.39 is 0 Å². The molecule has 0 spiro atoms. The highest BCUT2D eigenvalue weighted by Gasteiger charge is 2.16. The van der Waals surface area contributed by atoms with Gasteiger partial charge in [-0.15, -0.1) is 0 Å². The summed E-state index contributed by atoms with van der Waals surface area (Å²) in [5.41, 5.74) is 0.901. The summed E-state index contributed by atoms with van der Waals surface area (Å²) in [5, 5.41) is 0. The molecule has 0 N–H and O–H groups in total. The Labute approximate surface area is 107 Å². The first-order chi connectivity index (χ1) is 8.72. The minimum atomic E-state index is -0.387. The van der Waals surface area contributed by atoms with E-state index in [1.807, 2.05) is 0 Å². The molecule has 1 saturated heterocycles. The van der Waals surface area contributed by atoms with Gasteiger partial charge in [0.2, 0.25) is 5.88 Å². The number of methoxy groups -OCH3 is 1. The molecule has 1 aromatic heterocycles. The molecule has 18 heavy (non-hydrogen) atoms. The fourth-order valence-electron chi connectivity index (χ4n) is 2.22. The van der Waals surface area contributed by atoms with Crippen LogP contribution in [0.4, 0.5) is 4.39 Å². The van der Waals surface area contributed by atoms with Crippen molar-refractivity contribution in [2.75, 3.05) is 39.8 Å². The third-order valence-corrected chi connectivity index (χ3v) is 3.38. The van der Waals surface area contributed by atoms with Crippen LogP contribution in [-0.2, 0) is 6.54 Å². The Morgan fingerprint density at radius 2 is 1.94 bits per heavy atom. The Balaban J connectivity index is 1.92. The summed E-state index contributed by atoms with van der Waals surface area (Å²) < 4.78 is 18.3. The number of piperazine rings is 1. The number of halogens is 1. The number of likely N-dealkylation sites (N-methyl/N-ethyl adjacent to an activating group) is 1. The number of hydrogen-bond acceptors (Lipinski definition) is 4. The second kappa shape index (κ2) is 6.11. The van der Waals surface area contributed by atoms with Gasteiger partial charge in [-0.05, 0) is 18.2 Å². The van der Waals surface area contributed by atoms with E-state index in [0.29, 0.717) is 0 Å². The molecule has 2 heterocycles.